The van der Waals surface area contributed by atoms with Crippen LogP contribution in [-0.4, -0.2) is 23.4 Å². The minimum absolute atomic E-state index is 0.0545. The van der Waals surface area contributed by atoms with Gasteiger partial charge in [0, 0.05) is 33.1 Å². The lowest BCUT2D eigenvalue weighted by molar-refractivity contribution is -0.129. The van der Waals surface area contributed by atoms with Gasteiger partial charge in [-0.1, -0.05) is 52.6 Å². The second-order valence-corrected chi connectivity index (χ2v) is 8.66. The summed E-state index contributed by atoms with van der Waals surface area (Å²) >= 11 is 20.2. The number of thioether (sulfide) groups is 1. The molecule has 0 N–H and O–H groups in total. The molecule has 0 spiro atoms. The van der Waals surface area contributed by atoms with Crippen LogP contribution in [0.3, 0.4) is 0 Å². The number of fused-ring (bicyclic) bond motifs is 1. The van der Waals surface area contributed by atoms with Crippen LogP contribution in [-0.2, 0) is 4.79 Å². The van der Waals surface area contributed by atoms with Crippen molar-refractivity contribution in [2.45, 2.75) is 12.3 Å². The molecular weight excluding hydrogens is 437 g/mol. The largest absolute Gasteiger partial charge is 0.344 e. The van der Waals surface area contributed by atoms with Crippen LogP contribution in [0.15, 0.2) is 53.1 Å². The first kappa shape index (κ1) is 19.5. The monoisotopic (exact) mass is 449 g/mol. The molecule has 1 atom stereocenters. The van der Waals surface area contributed by atoms with Crippen LogP contribution in [0, 0.1) is 11.3 Å². The number of carbonyl (C=O) groups excluding carboxylic acids is 1. The number of nitrogens with zero attached hydrogens (tertiary/aromatic N) is 3. The van der Waals surface area contributed by atoms with Gasteiger partial charge in [-0.2, -0.15) is 5.26 Å². The van der Waals surface area contributed by atoms with Gasteiger partial charge in [0.25, 0.3) is 0 Å². The standard InChI is InChI=1S/C20H14Cl3N3OS/c21-12-4-6-13(7-5-12)25-10-26-18(27)8-14(15(9-24)20(26)28-11-25)19-16(22)2-1-3-17(19)23/h1-7,14H,8,10-11H2/t14-/m0/s1. The van der Waals surface area contributed by atoms with E-state index in [0.717, 1.165) is 5.69 Å². The van der Waals surface area contributed by atoms with Gasteiger partial charge in [0.2, 0.25) is 5.91 Å². The summed E-state index contributed by atoms with van der Waals surface area (Å²) in [5.74, 6) is 0.134. The van der Waals surface area contributed by atoms with Crippen molar-refractivity contribution in [2.75, 3.05) is 17.4 Å². The molecule has 0 saturated carbocycles. The first-order valence-corrected chi connectivity index (χ1v) is 10.6. The number of anilines is 1. The van der Waals surface area contributed by atoms with Gasteiger partial charge < -0.3 is 4.90 Å². The number of hydrogen-bond donors (Lipinski definition) is 0. The van der Waals surface area contributed by atoms with Crippen LogP contribution in [0.2, 0.25) is 15.1 Å². The summed E-state index contributed by atoms with van der Waals surface area (Å²) in [6.45, 7) is 0.386. The summed E-state index contributed by atoms with van der Waals surface area (Å²) in [6.07, 6.45) is 0.158. The van der Waals surface area contributed by atoms with Gasteiger partial charge in [0.05, 0.1) is 29.2 Å². The molecule has 0 radical (unpaired) electrons. The zero-order valence-corrected chi connectivity index (χ0v) is 17.6. The third-order valence-corrected chi connectivity index (χ3v) is 6.90. The molecule has 0 unspecified atom stereocenters. The number of amides is 1. The zero-order valence-electron chi connectivity index (χ0n) is 14.5. The number of nitriles is 1. The third kappa shape index (κ3) is 3.46. The molecule has 8 heteroatoms. The maximum atomic E-state index is 13.0. The van der Waals surface area contributed by atoms with Crippen LogP contribution in [0.4, 0.5) is 5.69 Å². The molecular formula is C20H14Cl3N3OS. The predicted octanol–water partition coefficient (Wildman–Crippen LogP) is 5.87. The van der Waals surface area contributed by atoms with Crippen molar-refractivity contribution in [1.29, 1.82) is 5.26 Å². The van der Waals surface area contributed by atoms with E-state index in [-0.39, 0.29) is 12.3 Å². The number of allylic oxidation sites excluding steroid dienone is 1. The Bertz CT molecular complexity index is 996. The van der Waals surface area contributed by atoms with Crippen LogP contribution < -0.4 is 4.90 Å². The summed E-state index contributed by atoms with van der Waals surface area (Å²) in [4.78, 5) is 16.7. The Kier molecular flexibility index (Phi) is 5.48. The van der Waals surface area contributed by atoms with Gasteiger partial charge in [0.1, 0.15) is 0 Å². The van der Waals surface area contributed by atoms with Crippen molar-refractivity contribution in [3.63, 3.8) is 0 Å². The van der Waals surface area contributed by atoms with E-state index in [1.165, 1.54) is 11.8 Å². The average Bonchev–Trinajstić information content (AvgIpc) is 2.68. The fraction of sp³-hybridized carbons (Fsp3) is 0.200. The zero-order chi connectivity index (χ0) is 19.8. The van der Waals surface area contributed by atoms with E-state index in [2.05, 4.69) is 11.0 Å². The molecule has 4 nitrogen and oxygen atoms in total. The highest BCUT2D eigenvalue weighted by Crippen LogP contribution is 2.46. The fourth-order valence-electron chi connectivity index (χ4n) is 3.47. The molecule has 142 valence electrons. The summed E-state index contributed by atoms with van der Waals surface area (Å²) in [5.41, 5.74) is 2.15. The predicted molar refractivity (Wildman–Crippen MR) is 115 cm³/mol. The average molecular weight is 451 g/mol. The summed E-state index contributed by atoms with van der Waals surface area (Å²) < 4.78 is 0. The van der Waals surface area contributed by atoms with Crippen LogP contribution in [0.1, 0.15) is 17.9 Å². The Balaban J connectivity index is 1.70. The molecule has 4 rings (SSSR count). The number of benzene rings is 2. The maximum Gasteiger partial charge on any atom is 0.229 e. The highest BCUT2D eigenvalue weighted by atomic mass is 35.5. The first-order chi connectivity index (χ1) is 13.5. The van der Waals surface area contributed by atoms with Crippen molar-refractivity contribution in [3.05, 3.63) is 73.7 Å². The molecule has 28 heavy (non-hydrogen) atoms. The van der Waals surface area contributed by atoms with Crippen LogP contribution >= 0.6 is 46.6 Å². The Labute approximate surface area is 182 Å². The molecule has 1 fully saturated rings. The second-order valence-electron chi connectivity index (χ2n) is 6.48. The lowest BCUT2D eigenvalue weighted by atomic mass is 9.86. The molecule has 1 amide bonds. The highest BCUT2D eigenvalue weighted by molar-refractivity contribution is 8.03. The minimum atomic E-state index is -0.431. The van der Waals surface area contributed by atoms with E-state index in [9.17, 15) is 10.1 Å². The lowest BCUT2D eigenvalue weighted by Gasteiger charge is -2.42. The lowest BCUT2D eigenvalue weighted by Crippen LogP contribution is -2.47. The van der Waals surface area contributed by atoms with Crippen LogP contribution in [0.5, 0.6) is 0 Å². The Morgan fingerprint density at radius 2 is 1.75 bits per heavy atom. The minimum Gasteiger partial charge on any atom is -0.344 e. The molecule has 0 aromatic heterocycles. The molecule has 2 aromatic rings. The third-order valence-electron chi connectivity index (χ3n) is 4.83. The number of halogens is 3. The number of rotatable bonds is 2. The second kappa shape index (κ2) is 7.88. The van der Waals surface area contributed by atoms with E-state index in [1.54, 1.807) is 23.1 Å². The Morgan fingerprint density at radius 3 is 2.39 bits per heavy atom. The van der Waals surface area contributed by atoms with Crippen LogP contribution in [0.25, 0.3) is 0 Å². The molecule has 0 bridgehead atoms. The van der Waals surface area contributed by atoms with Gasteiger partial charge in [-0.05, 0) is 42.0 Å². The molecule has 2 heterocycles. The number of carbonyl (C=O) groups is 1. The van der Waals surface area contributed by atoms with Crippen molar-refractivity contribution in [1.82, 2.24) is 4.90 Å². The first-order valence-electron chi connectivity index (χ1n) is 8.51. The van der Waals surface area contributed by atoms with E-state index in [4.69, 9.17) is 34.8 Å². The molecule has 2 aliphatic heterocycles. The van der Waals surface area contributed by atoms with Crippen molar-refractivity contribution < 1.29 is 4.79 Å². The van der Waals surface area contributed by atoms with Gasteiger partial charge in [0.15, 0.2) is 0 Å². The molecule has 0 aliphatic carbocycles. The fourth-order valence-corrected chi connectivity index (χ4v) is 5.42. The molecule has 2 aliphatic rings. The van der Waals surface area contributed by atoms with Crippen molar-refractivity contribution in [3.8, 4) is 6.07 Å². The summed E-state index contributed by atoms with van der Waals surface area (Å²) in [7, 11) is 0. The van der Waals surface area contributed by atoms with E-state index in [1.807, 2.05) is 24.3 Å². The smallest absolute Gasteiger partial charge is 0.229 e. The number of hydrogen-bond acceptors (Lipinski definition) is 4. The Morgan fingerprint density at radius 1 is 1.07 bits per heavy atom. The SMILES string of the molecule is N#CC1=C2SCN(c3ccc(Cl)cc3)CN2C(=O)C[C@@H]1c1c(Cl)cccc1Cl. The van der Waals surface area contributed by atoms with E-state index >= 15 is 0 Å². The van der Waals surface area contributed by atoms with Gasteiger partial charge in [-0.25, -0.2) is 0 Å². The summed E-state index contributed by atoms with van der Waals surface area (Å²) in [5, 5.41) is 12.2. The van der Waals surface area contributed by atoms with E-state index < -0.39 is 5.92 Å². The molecule has 2 aromatic carbocycles. The van der Waals surface area contributed by atoms with Crippen molar-refractivity contribution >= 4 is 58.2 Å². The normalized spacial score (nSPS) is 19.5. The molecule has 1 saturated heterocycles. The van der Waals surface area contributed by atoms with Crippen molar-refractivity contribution in [2.24, 2.45) is 0 Å². The van der Waals surface area contributed by atoms with E-state index in [0.29, 0.717) is 43.8 Å². The maximum absolute atomic E-state index is 13.0. The van der Waals surface area contributed by atoms with Gasteiger partial charge in [-0.3, -0.25) is 9.69 Å². The highest BCUT2D eigenvalue weighted by Gasteiger charge is 2.39. The summed E-state index contributed by atoms with van der Waals surface area (Å²) in [6, 6.07) is 15.0. The topological polar surface area (TPSA) is 47.3 Å². The quantitative estimate of drug-likeness (QED) is 0.574. The van der Waals surface area contributed by atoms with Gasteiger partial charge in [-0.15, -0.1) is 0 Å². The van der Waals surface area contributed by atoms with Gasteiger partial charge >= 0.3 is 0 Å². The Hall–Kier alpha value is -1.84.